The fourth-order valence-corrected chi connectivity index (χ4v) is 6.96. The molecular formula is C45H88N2O6P+. The van der Waals surface area contributed by atoms with Gasteiger partial charge in [0, 0.05) is 6.42 Å². The van der Waals surface area contributed by atoms with Crippen LogP contribution >= 0.6 is 7.82 Å². The van der Waals surface area contributed by atoms with Crippen molar-refractivity contribution in [2.45, 2.75) is 206 Å². The number of carbonyl (C=O) groups excluding carboxylic acids is 1. The molecule has 0 saturated heterocycles. The highest BCUT2D eigenvalue weighted by molar-refractivity contribution is 7.47. The van der Waals surface area contributed by atoms with Gasteiger partial charge in [0.2, 0.25) is 5.91 Å². The summed E-state index contributed by atoms with van der Waals surface area (Å²) in [6, 6.07) is -0.860. The van der Waals surface area contributed by atoms with Crippen LogP contribution in [0.15, 0.2) is 36.5 Å². The number of hydrogen-bond donors (Lipinski definition) is 3. The van der Waals surface area contributed by atoms with Gasteiger partial charge in [0.25, 0.3) is 0 Å². The minimum Gasteiger partial charge on any atom is -0.387 e. The van der Waals surface area contributed by atoms with Crippen molar-refractivity contribution in [3.8, 4) is 0 Å². The van der Waals surface area contributed by atoms with Crippen LogP contribution in [0.1, 0.15) is 194 Å². The second-order valence-corrected chi connectivity index (χ2v) is 17.9. The number of nitrogens with one attached hydrogen (secondary N) is 1. The fraction of sp³-hybridized carbons (Fsp3) is 0.844. The molecule has 8 nitrogen and oxygen atoms in total. The molecule has 0 saturated carbocycles. The third-order valence-corrected chi connectivity index (χ3v) is 10.8. The topological polar surface area (TPSA) is 105 Å². The number of hydrogen-bond acceptors (Lipinski definition) is 5. The van der Waals surface area contributed by atoms with Gasteiger partial charge in [-0.05, 0) is 57.8 Å². The molecule has 0 bridgehead atoms. The molecule has 318 valence electrons. The van der Waals surface area contributed by atoms with Crippen molar-refractivity contribution in [1.29, 1.82) is 0 Å². The van der Waals surface area contributed by atoms with E-state index in [1.54, 1.807) is 6.08 Å². The van der Waals surface area contributed by atoms with Gasteiger partial charge in [-0.25, -0.2) is 4.57 Å². The summed E-state index contributed by atoms with van der Waals surface area (Å²) in [5.41, 5.74) is 0. The smallest absolute Gasteiger partial charge is 0.387 e. The molecule has 1 unspecified atom stereocenters. The third-order valence-electron chi connectivity index (χ3n) is 9.83. The number of aliphatic hydroxyl groups excluding tert-OH is 1. The molecule has 3 atom stereocenters. The van der Waals surface area contributed by atoms with Crippen molar-refractivity contribution >= 4 is 13.7 Å². The van der Waals surface area contributed by atoms with E-state index < -0.39 is 20.0 Å². The lowest BCUT2D eigenvalue weighted by molar-refractivity contribution is -0.870. The quantitative estimate of drug-likeness (QED) is 0.0247. The highest BCUT2D eigenvalue weighted by Crippen LogP contribution is 2.43. The van der Waals surface area contributed by atoms with Gasteiger partial charge in [0.05, 0.1) is 39.9 Å². The number of carbonyl (C=O) groups is 1. The second kappa shape index (κ2) is 37.3. The minimum atomic E-state index is -4.34. The molecule has 0 heterocycles. The van der Waals surface area contributed by atoms with Gasteiger partial charge in [-0.2, -0.15) is 0 Å². The summed E-state index contributed by atoms with van der Waals surface area (Å²) in [5, 5.41) is 13.8. The summed E-state index contributed by atoms with van der Waals surface area (Å²) in [6.45, 7) is 4.76. The van der Waals surface area contributed by atoms with E-state index >= 15 is 0 Å². The van der Waals surface area contributed by atoms with Crippen LogP contribution in [0.5, 0.6) is 0 Å². The lowest BCUT2D eigenvalue weighted by Gasteiger charge is -2.25. The first-order valence-corrected chi connectivity index (χ1v) is 23.9. The molecule has 9 heteroatoms. The number of quaternary nitrogens is 1. The summed E-state index contributed by atoms with van der Waals surface area (Å²) in [4.78, 5) is 23.1. The van der Waals surface area contributed by atoms with Crippen molar-refractivity contribution in [2.75, 3.05) is 40.9 Å². The van der Waals surface area contributed by atoms with Gasteiger partial charge in [0.15, 0.2) is 0 Å². The fourth-order valence-electron chi connectivity index (χ4n) is 6.23. The van der Waals surface area contributed by atoms with Crippen LogP contribution in [0.4, 0.5) is 0 Å². The first kappa shape index (κ1) is 52.7. The molecule has 54 heavy (non-hydrogen) atoms. The number of allylic oxidation sites excluding steroid dienone is 5. The molecular weight excluding hydrogens is 695 g/mol. The van der Waals surface area contributed by atoms with Crippen molar-refractivity contribution in [1.82, 2.24) is 5.32 Å². The molecule has 0 rings (SSSR count). The summed E-state index contributed by atoms with van der Waals surface area (Å²) >= 11 is 0. The van der Waals surface area contributed by atoms with Gasteiger partial charge in [-0.3, -0.25) is 13.8 Å². The van der Waals surface area contributed by atoms with E-state index in [-0.39, 0.29) is 19.1 Å². The van der Waals surface area contributed by atoms with E-state index in [1.807, 2.05) is 27.2 Å². The molecule has 0 spiro atoms. The minimum absolute atomic E-state index is 0.0561. The molecule has 3 N–H and O–H groups in total. The SMILES string of the molecule is CCCCCCC/C=C/CC/C=C/[C@@H](O)[C@H](COP(=O)(O)OCC[N+](C)(C)C)NC(=O)CCCCCCCCCCCCC/C=C/CCCCCCCC. The zero-order valence-corrected chi connectivity index (χ0v) is 36.9. The van der Waals surface area contributed by atoms with Gasteiger partial charge in [-0.15, -0.1) is 0 Å². The van der Waals surface area contributed by atoms with Crippen molar-refractivity contribution in [2.24, 2.45) is 0 Å². The van der Waals surface area contributed by atoms with E-state index in [9.17, 15) is 19.4 Å². The van der Waals surface area contributed by atoms with Crippen LogP contribution in [0, 0.1) is 0 Å². The Kier molecular flexibility index (Phi) is 36.4. The first-order valence-electron chi connectivity index (χ1n) is 22.4. The summed E-state index contributed by atoms with van der Waals surface area (Å²) in [6.07, 6.45) is 45.1. The Morgan fingerprint density at radius 3 is 1.48 bits per heavy atom. The zero-order chi connectivity index (χ0) is 40.0. The Hall–Kier alpha value is -1.28. The van der Waals surface area contributed by atoms with Crippen LogP contribution in [0.2, 0.25) is 0 Å². The number of phosphoric acid groups is 1. The first-order chi connectivity index (χ1) is 26.0. The van der Waals surface area contributed by atoms with E-state index in [1.165, 1.54) is 135 Å². The maximum Gasteiger partial charge on any atom is 0.472 e. The highest BCUT2D eigenvalue weighted by atomic mass is 31.2. The van der Waals surface area contributed by atoms with Crippen molar-refractivity contribution < 1.29 is 32.9 Å². The standard InChI is InChI=1S/C45H87N2O6P/c1-6-8-10-12-14-16-18-19-20-21-22-23-24-25-26-27-29-31-33-35-37-39-45(49)46-43(42-53-54(50,51)52-41-40-47(3,4)5)44(48)38-36-34-32-30-28-17-15-13-11-9-7-2/h19-20,28,30,36,38,43-44,48H,6-18,21-27,29,31-35,37,39-42H2,1-5H3,(H-,46,49,50,51)/p+1/b20-19+,30-28+,38-36+/t43-,44+/m0/s1. The van der Waals surface area contributed by atoms with Crippen molar-refractivity contribution in [3.63, 3.8) is 0 Å². The number of rotatable bonds is 40. The molecule has 1 amide bonds. The Labute approximate surface area is 334 Å². The summed E-state index contributed by atoms with van der Waals surface area (Å²) < 4.78 is 23.5. The molecule has 0 radical (unpaired) electrons. The van der Waals surface area contributed by atoms with Crippen molar-refractivity contribution in [3.05, 3.63) is 36.5 Å². The molecule has 0 aliphatic rings. The van der Waals surface area contributed by atoms with Crippen LogP contribution in [0.3, 0.4) is 0 Å². The number of nitrogens with zero attached hydrogens (tertiary/aromatic N) is 1. The summed E-state index contributed by atoms with van der Waals surface area (Å²) in [5.74, 6) is -0.190. The number of amides is 1. The molecule has 0 fully saturated rings. The van der Waals surface area contributed by atoms with Crippen LogP contribution in [-0.4, -0.2) is 73.4 Å². The Bertz CT molecular complexity index is 980. The van der Waals surface area contributed by atoms with Gasteiger partial charge >= 0.3 is 7.82 Å². The monoisotopic (exact) mass is 784 g/mol. The largest absolute Gasteiger partial charge is 0.472 e. The van der Waals surface area contributed by atoms with E-state index in [4.69, 9.17) is 9.05 Å². The molecule has 0 aromatic heterocycles. The predicted octanol–water partition coefficient (Wildman–Crippen LogP) is 12.3. The average molecular weight is 784 g/mol. The number of unbranched alkanes of at least 4 members (excludes halogenated alkanes) is 23. The maximum atomic E-state index is 12.8. The summed E-state index contributed by atoms with van der Waals surface area (Å²) in [7, 11) is 1.55. The van der Waals surface area contributed by atoms with Crippen LogP contribution < -0.4 is 5.32 Å². The highest BCUT2D eigenvalue weighted by Gasteiger charge is 2.27. The van der Waals surface area contributed by atoms with E-state index in [2.05, 4.69) is 43.5 Å². The lowest BCUT2D eigenvalue weighted by Crippen LogP contribution is -2.45. The Morgan fingerprint density at radius 2 is 1.02 bits per heavy atom. The van der Waals surface area contributed by atoms with Gasteiger partial charge < -0.3 is 19.8 Å². The predicted molar refractivity (Wildman–Crippen MR) is 231 cm³/mol. The Balaban J connectivity index is 4.32. The Morgan fingerprint density at radius 1 is 0.611 bits per heavy atom. The molecule has 0 aliphatic carbocycles. The van der Waals surface area contributed by atoms with Gasteiger partial charge in [0.1, 0.15) is 13.2 Å². The lowest BCUT2D eigenvalue weighted by atomic mass is 10.0. The molecule has 0 aliphatic heterocycles. The number of likely N-dealkylation sites (N-methyl/N-ethyl adjacent to an activating group) is 1. The van der Waals surface area contributed by atoms with E-state index in [0.717, 1.165) is 38.5 Å². The number of phosphoric ester groups is 1. The second-order valence-electron chi connectivity index (χ2n) is 16.4. The molecule has 0 aromatic carbocycles. The zero-order valence-electron chi connectivity index (χ0n) is 36.0. The van der Waals surface area contributed by atoms with Gasteiger partial charge in [-0.1, -0.05) is 166 Å². The number of aliphatic hydroxyl groups is 1. The van der Waals surface area contributed by atoms with E-state index in [0.29, 0.717) is 17.4 Å². The normalized spacial score (nSPS) is 14.7. The van der Waals surface area contributed by atoms with Crippen LogP contribution in [0.25, 0.3) is 0 Å². The van der Waals surface area contributed by atoms with Crippen LogP contribution in [-0.2, 0) is 18.4 Å². The maximum absolute atomic E-state index is 12.8. The molecule has 0 aromatic rings. The average Bonchev–Trinajstić information content (AvgIpc) is 3.12. The third kappa shape index (κ3) is 39.0.